The molecule has 1 N–H and O–H groups in total. The maximum atomic E-state index is 13.4. The minimum absolute atomic E-state index is 0.0698. The molecule has 3 aliphatic rings. The van der Waals surface area contributed by atoms with Crippen molar-refractivity contribution in [3.63, 3.8) is 0 Å². The van der Waals surface area contributed by atoms with E-state index < -0.39 is 58.5 Å². The third-order valence-electron chi connectivity index (χ3n) is 6.49. The molecule has 8 nitrogen and oxygen atoms in total. The molecule has 9 heteroatoms. The average Bonchev–Trinajstić information content (AvgIpc) is 3.68. The molecule has 188 valence electrons. The van der Waals surface area contributed by atoms with E-state index in [4.69, 9.17) is 15.7 Å². The number of hydrogen-bond donors (Lipinski definition) is 1. The molecule has 0 spiro atoms. The van der Waals surface area contributed by atoms with Crippen LogP contribution >= 0.6 is 0 Å². The highest BCUT2D eigenvalue weighted by Crippen LogP contribution is 2.45. The molecule has 3 fully saturated rings. The zero-order valence-electron chi connectivity index (χ0n) is 27.3. The van der Waals surface area contributed by atoms with Crippen LogP contribution < -0.4 is 14.4 Å². The number of carbonyl (C=O) groups excluding carboxylic acids is 1. The monoisotopic (exact) mass is 507 g/mol. The van der Waals surface area contributed by atoms with Gasteiger partial charge in [-0.1, -0.05) is 37.5 Å². The SMILES string of the molecule is [2H]C1([2H])OC([2H])([2H])C([2H])([2H])N(c2cccc(S(=O)(=O)NC(=O)C3(Oc4cc(C)ccc4C4CCCCC4)CC3)n2)C1([2H])[2H]. The molecule has 1 amide bonds. The minimum Gasteiger partial charge on any atom is -0.477 e. The lowest BCUT2D eigenvalue weighted by Crippen LogP contribution is -2.44. The first-order valence-corrected chi connectivity index (χ1v) is 13.2. The summed E-state index contributed by atoms with van der Waals surface area (Å²) >= 11 is 0. The van der Waals surface area contributed by atoms with Gasteiger partial charge in [-0.15, -0.1) is 0 Å². The summed E-state index contributed by atoms with van der Waals surface area (Å²) in [5, 5.41) is -0.785. The number of carbonyl (C=O) groups is 1. The summed E-state index contributed by atoms with van der Waals surface area (Å²) in [4.78, 5) is 17.3. The molecular weight excluding hydrogens is 466 g/mol. The quantitative estimate of drug-likeness (QED) is 0.610. The first kappa shape index (κ1) is 16.2. The van der Waals surface area contributed by atoms with Crippen molar-refractivity contribution in [3.8, 4) is 5.75 Å². The second kappa shape index (κ2) is 9.78. The normalized spacial score (nSPS) is 29.5. The molecular formula is C26H33N3O5S. The van der Waals surface area contributed by atoms with Crippen LogP contribution in [0.3, 0.4) is 0 Å². The number of rotatable bonds is 7. The van der Waals surface area contributed by atoms with Crippen molar-refractivity contribution >= 4 is 21.7 Å². The fraction of sp³-hybridized carbons (Fsp3) is 0.538. The van der Waals surface area contributed by atoms with Gasteiger partial charge in [0.2, 0.25) is 0 Å². The minimum atomic E-state index is -4.71. The molecule has 0 atom stereocenters. The highest BCUT2D eigenvalue weighted by Gasteiger charge is 2.54. The lowest BCUT2D eigenvalue weighted by atomic mass is 9.83. The molecule has 2 aliphatic carbocycles. The van der Waals surface area contributed by atoms with Gasteiger partial charge < -0.3 is 14.4 Å². The second-order valence-electron chi connectivity index (χ2n) is 9.11. The maximum absolute atomic E-state index is 13.4. The van der Waals surface area contributed by atoms with Crippen LogP contribution in [0.15, 0.2) is 41.4 Å². The summed E-state index contributed by atoms with van der Waals surface area (Å²) in [6, 6.07) is 8.92. The van der Waals surface area contributed by atoms with E-state index in [2.05, 4.69) is 9.72 Å². The third kappa shape index (κ3) is 5.30. The molecule has 2 aromatic rings. The number of nitrogens with one attached hydrogen (secondary N) is 1. The van der Waals surface area contributed by atoms with Crippen molar-refractivity contribution in [2.75, 3.05) is 31.0 Å². The van der Waals surface area contributed by atoms with E-state index in [1.807, 2.05) is 29.8 Å². The van der Waals surface area contributed by atoms with E-state index in [0.717, 1.165) is 55.0 Å². The zero-order valence-corrected chi connectivity index (χ0v) is 20.2. The summed E-state index contributed by atoms with van der Waals surface area (Å²) in [6.07, 6.45) is 5.90. The molecule has 1 aromatic carbocycles. The largest absolute Gasteiger partial charge is 0.477 e. The number of aryl methyl sites for hydroxylation is 1. The summed E-state index contributed by atoms with van der Waals surface area (Å²) in [5.74, 6) is -0.827. The Morgan fingerprint density at radius 3 is 2.63 bits per heavy atom. The summed E-state index contributed by atoms with van der Waals surface area (Å²) in [6.45, 7) is -11.5. The number of sulfonamides is 1. The van der Waals surface area contributed by atoms with E-state index >= 15 is 0 Å². The molecule has 2 saturated carbocycles. The predicted molar refractivity (Wildman–Crippen MR) is 132 cm³/mol. The maximum Gasteiger partial charge on any atom is 0.281 e. The second-order valence-corrected chi connectivity index (χ2v) is 10.7. The standard InChI is InChI=1S/C26H33N3O5S/c1-19-10-11-21(20-6-3-2-4-7-20)22(18-19)34-26(12-13-26)25(30)28-35(31,32)24-9-5-8-23(27-24)29-14-16-33-17-15-29/h5,8-11,18,20H,2-4,6-7,12-17H2,1H3,(H,28,30)/i14D2,15D2,16D2,17D2. The van der Waals surface area contributed by atoms with Gasteiger partial charge in [-0.2, -0.15) is 8.42 Å². The molecule has 1 aliphatic heterocycles. The van der Waals surface area contributed by atoms with Gasteiger partial charge in [-0.3, -0.25) is 4.79 Å². The van der Waals surface area contributed by atoms with Crippen molar-refractivity contribution in [1.29, 1.82) is 0 Å². The van der Waals surface area contributed by atoms with Crippen molar-refractivity contribution < 1.29 is 33.7 Å². The van der Waals surface area contributed by atoms with Crippen molar-refractivity contribution in [3.05, 3.63) is 47.5 Å². The number of morpholine rings is 1. The number of pyridine rings is 1. The fourth-order valence-corrected chi connectivity index (χ4v) is 5.44. The highest BCUT2D eigenvalue weighted by molar-refractivity contribution is 7.90. The van der Waals surface area contributed by atoms with E-state index in [9.17, 15) is 13.2 Å². The Morgan fingerprint density at radius 2 is 1.91 bits per heavy atom. The van der Waals surface area contributed by atoms with E-state index in [-0.39, 0.29) is 23.7 Å². The number of nitrogens with zero attached hydrogens (tertiary/aromatic N) is 2. The Bertz CT molecular complexity index is 1500. The molecule has 5 rings (SSSR count). The van der Waals surface area contributed by atoms with Crippen LogP contribution in [0.5, 0.6) is 5.75 Å². The Labute approximate surface area is 218 Å². The van der Waals surface area contributed by atoms with E-state index in [1.165, 1.54) is 6.42 Å². The smallest absolute Gasteiger partial charge is 0.281 e. The lowest BCUT2D eigenvalue weighted by molar-refractivity contribution is -0.128. The van der Waals surface area contributed by atoms with Crippen molar-refractivity contribution in [1.82, 2.24) is 9.71 Å². The van der Waals surface area contributed by atoms with Gasteiger partial charge in [-0.05, 0) is 55.0 Å². The summed E-state index contributed by atoms with van der Waals surface area (Å²) < 4.78 is 104. The van der Waals surface area contributed by atoms with Gasteiger partial charge in [0.1, 0.15) is 11.6 Å². The van der Waals surface area contributed by atoms with Crippen LogP contribution in [0.25, 0.3) is 0 Å². The number of aromatic nitrogens is 1. The molecule has 1 saturated heterocycles. The van der Waals surface area contributed by atoms with Gasteiger partial charge in [0.15, 0.2) is 10.6 Å². The van der Waals surface area contributed by atoms with Gasteiger partial charge in [0.25, 0.3) is 15.9 Å². The van der Waals surface area contributed by atoms with Crippen LogP contribution in [-0.4, -0.2) is 51.0 Å². The lowest BCUT2D eigenvalue weighted by Gasteiger charge is -2.28. The number of anilines is 1. The Hall–Kier alpha value is -2.65. The van der Waals surface area contributed by atoms with Gasteiger partial charge in [-0.25, -0.2) is 9.71 Å². The number of benzene rings is 1. The molecule has 2 heterocycles. The first-order valence-electron chi connectivity index (χ1n) is 15.7. The van der Waals surface area contributed by atoms with Crippen LogP contribution in [0.2, 0.25) is 0 Å². The Morgan fingerprint density at radius 1 is 1.17 bits per heavy atom. The van der Waals surface area contributed by atoms with Crippen LogP contribution in [0.1, 0.15) is 73.0 Å². The van der Waals surface area contributed by atoms with E-state index in [1.54, 1.807) is 0 Å². The fourth-order valence-electron chi connectivity index (χ4n) is 4.43. The molecule has 0 bridgehead atoms. The van der Waals surface area contributed by atoms with Gasteiger partial charge >= 0.3 is 0 Å². The van der Waals surface area contributed by atoms with E-state index in [0.29, 0.717) is 5.75 Å². The number of ether oxygens (including phenoxy) is 2. The predicted octanol–water partition coefficient (Wildman–Crippen LogP) is 3.69. The van der Waals surface area contributed by atoms with Crippen LogP contribution in [0.4, 0.5) is 5.82 Å². The zero-order chi connectivity index (χ0) is 31.6. The average molecular weight is 508 g/mol. The van der Waals surface area contributed by atoms with Crippen molar-refractivity contribution in [2.24, 2.45) is 0 Å². The summed E-state index contributed by atoms with van der Waals surface area (Å²) in [5.41, 5.74) is 0.485. The van der Waals surface area contributed by atoms with Crippen LogP contribution in [-0.2, 0) is 19.6 Å². The number of hydrogen-bond acceptors (Lipinski definition) is 7. The number of amides is 1. The van der Waals surface area contributed by atoms with Crippen LogP contribution in [0, 0.1) is 6.92 Å². The molecule has 0 unspecified atom stereocenters. The van der Waals surface area contributed by atoms with Gasteiger partial charge in [0.05, 0.1) is 24.1 Å². The molecule has 1 aromatic heterocycles. The molecule has 0 radical (unpaired) electrons. The molecule has 35 heavy (non-hydrogen) atoms. The third-order valence-corrected chi connectivity index (χ3v) is 7.73. The Balaban J connectivity index is 1.41. The summed E-state index contributed by atoms with van der Waals surface area (Å²) in [7, 11) is -4.71. The highest BCUT2D eigenvalue weighted by atomic mass is 32.2. The van der Waals surface area contributed by atoms with Crippen molar-refractivity contribution in [2.45, 2.75) is 68.4 Å². The topological polar surface area (TPSA) is 97.8 Å². The Kier molecular flexibility index (Phi) is 4.51. The van der Waals surface area contributed by atoms with Gasteiger partial charge in [0, 0.05) is 25.8 Å². The first-order chi connectivity index (χ1) is 19.8.